The van der Waals surface area contributed by atoms with Crippen LogP contribution in [0.2, 0.25) is 0 Å². The van der Waals surface area contributed by atoms with E-state index in [0.717, 1.165) is 37.0 Å². The van der Waals surface area contributed by atoms with Crippen molar-refractivity contribution in [2.45, 2.75) is 6.54 Å². The molecular formula is C12H16N2S2. The number of thiocarbonyl (C=S) groups is 1. The molecule has 0 unspecified atom stereocenters. The first-order valence-corrected chi connectivity index (χ1v) is 6.35. The van der Waals surface area contributed by atoms with Gasteiger partial charge in [0.1, 0.15) is 4.32 Å². The minimum absolute atomic E-state index is 0.722. The second-order valence-corrected chi connectivity index (χ2v) is 5.14. The molecule has 0 saturated carbocycles. The van der Waals surface area contributed by atoms with E-state index in [9.17, 15) is 0 Å². The van der Waals surface area contributed by atoms with Gasteiger partial charge < -0.3 is 4.90 Å². The third-order valence-electron chi connectivity index (χ3n) is 2.89. The van der Waals surface area contributed by atoms with Crippen LogP contribution in [-0.2, 0) is 6.54 Å². The number of rotatable bonds is 2. The van der Waals surface area contributed by atoms with Crippen molar-refractivity contribution in [3.05, 3.63) is 35.9 Å². The highest BCUT2D eigenvalue weighted by molar-refractivity contribution is 8.10. The summed E-state index contributed by atoms with van der Waals surface area (Å²) < 4.78 is 0.722. The molecule has 1 aliphatic heterocycles. The molecule has 0 bridgehead atoms. The van der Waals surface area contributed by atoms with Crippen molar-refractivity contribution in [3.63, 3.8) is 0 Å². The predicted octanol–water partition coefficient (Wildman–Crippen LogP) is 2.02. The summed E-state index contributed by atoms with van der Waals surface area (Å²) in [5.41, 5.74) is 1.38. The Morgan fingerprint density at radius 3 is 2.31 bits per heavy atom. The van der Waals surface area contributed by atoms with Crippen molar-refractivity contribution in [2.75, 3.05) is 26.2 Å². The lowest BCUT2D eigenvalue weighted by Gasteiger charge is -2.35. The molecule has 1 fully saturated rings. The van der Waals surface area contributed by atoms with Gasteiger partial charge in [-0.3, -0.25) is 4.90 Å². The number of benzene rings is 1. The van der Waals surface area contributed by atoms with Crippen molar-refractivity contribution in [2.24, 2.45) is 0 Å². The molecular weight excluding hydrogens is 236 g/mol. The number of hydrogen-bond donors (Lipinski definition) is 1. The normalized spacial score (nSPS) is 17.4. The molecule has 4 heteroatoms. The van der Waals surface area contributed by atoms with Crippen molar-refractivity contribution < 1.29 is 0 Å². The van der Waals surface area contributed by atoms with Gasteiger partial charge in [-0.15, -0.1) is 12.6 Å². The molecule has 1 saturated heterocycles. The lowest BCUT2D eigenvalue weighted by Crippen LogP contribution is -2.46. The van der Waals surface area contributed by atoms with Crippen LogP contribution in [0.25, 0.3) is 0 Å². The van der Waals surface area contributed by atoms with Gasteiger partial charge in [0.2, 0.25) is 0 Å². The van der Waals surface area contributed by atoms with E-state index in [0.29, 0.717) is 0 Å². The van der Waals surface area contributed by atoms with Gasteiger partial charge in [0.05, 0.1) is 0 Å². The van der Waals surface area contributed by atoms with E-state index in [1.165, 1.54) is 5.56 Å². The van der Waals surface area contributed by atoms with Crippen LogP contribution in [0.3, 0.4) is 0 Å². The van der Waals surface area contributed by atoms with Gasteiger partial charge in [-0.05, 0) is 5.56 Å². The molecule has 0 N–H and O–H groups in total. The molecule has 1 aromatic carbocycles. The first-order valence-electron chi connectivity index (χ1n) is 5.50. The van der Waals surface area contributed by atoms with Crippen LogP contribution >= 0.6 is 24.8 Å². The lowest BCUT2D eigenvalue weighted by atomic mass is 10.2. The Bertz CT molecular complexity index is 345. The smallest absolute Gasteiger partial charge is 0.133 e. The van der Waals surface area contributed by atoms with Crippen molar-refractivity contribution in [1.29, 1.82) is 0 Å². The average molecular weight is 252 g/mol. The SMILES string of the molecule is S=C(S)N1CCN(Cc2ccccc2)CC1. The lowest BCUT2D eigenvalue weighted by molar-refractivity contribution is 0.179. The molecule has 1 aliphatic rings. The van der Waals surface area contributed by atoms with Crippen LogP contribution in [0, 0.1) is 0 Å². The summed E-state index contributed by atoms with van der Waals surface area (Å²) in [5.74, 6) is 0. The maximum Gasteiger partial charge on any atom is 0.133 e. The molecule has 0 radical (unpaired) electrons. The van der Waals surface area contributed by atoms with E-state index < -0.39 is 0 Å². The molecule has 0 atom stereocenters. The maximum atomic E-state index is 5.06. The Hall–Kier alpha value is -0.580. The van der Waals surface area contributed by atoms with Crippen LogP contribution in [0.4, 0.5) is 0 Å². The quantitative estimate of drug-likeness (QED) is 0.636. The fourth-order valence-corrected chi connectivity index (χ4v) is 2.32. The molecule has 2 rings (SSSR count). The van der Waals surface area contributed by atoms with E-state index in [-0.39, 0.29) is 0 Å². The Morgan fingerprint density at radius 1 is 1.12 bits per heavy atom. The average Bonchev–Trinajstić information content (AvgIpc) is 2.31. The molecule has 2 nitrogen and oxygen atoms in total. The summed E-state index contributed by atoms with van der Waals surface area (Å²) in [4.78, 5) is 4.61. The van der Waals surface area contributed by atoms with E-state index >= 15 is 0 Å². The van der Waals surface area contributed by atoms with Crippen LogP contribution in [-0.4, -0.2) is 40.3 Å². The Labute approximate surface area is 108 Å². The first kappa shape index (κ1) is 11.9. The van der Waals surface area contributed by atoms with Gasteiger partial charge in [-0.2, -0.15) is 0 Å². The fourth-order valence-electron chi connectivity index (χ4n) is 1.94. The highest BCUT2D eigenvalue weighted by Crippen LogP contribution is 2.09. The van der Waals surface area contributed by atoms with E-state index in [1.54, 1.807) is 0 Å². The number of thiol groups is 1. The molecule has 1 heterocycles. The van der Waals surface area contributed by atoms with E-state index in [4.69, 9.17) is 12.2 Å². The van der Waals surface area contributed by atoms with Gasteiger partial charge >= 0.3 is 0 Å². The Morgan fingerprint density at radius 2 is 1.75 bits per heavy atom. The monoisotopic (exact) mass is 252 g/mol. The minimum Gasteiger partial charge on any atom is -0.355 e. The molecule has 0 aromatic heterocycles. The summed E-state index contributed by atoms with van der Waals surface area (Å²) in [6.07, 6.45) is 0. The van der Waals surface area contributed by atoms with Crippen LogP contribution in [0.1, 0.15) is 5.56 Å². The zero-order valence-corrected chi connectivity index (χ0v) is 10.9. The highest BCUT2D eigenvalue weighted by atomic mass is 32.1. The minimum atomic E-state index is 0.722. The third-order valence-corrected chi connectivity index (χ3v) is 3.43. The van der Waals surface area contributed by atoms with E-state index in [1.807, 2.05) is 0 Å². The summed E-state index contributed by atoms with van der Waals surface area (Å²) in [6.45, 7) is 5.16. The van der Waals surface area contributed by atoms with Crippen molar-refractivity contribution >= 4 is 29.2 Å². The second-order valence-electron chi connectivity index (χ2n) is 4.03. The summed E-state index contributed by atoms with van der Waals surface area (Å²) in [7, 11) is 0. The topological polar surface area (TPSA) is 6.48 Å². The third kappa shape index (κ3) is 3.20. The van der Waals surface area contributed by atoms with Gasteiger partial charge in [-0.1, -0.05) is 42.5 Å². The fraction of sp³-hybridized carbons (Fsp3) is 0.417. The zero-order chi connectivity index (χ0) is 11.4. The molecule has 0 aliphatic carbocycles. The Kier molecular flexibility index (Phi) is 4.21. The molecule has 0 amide bonds. The van der Waals surface area contributed by atoms with Crippen LogP contribution < -0.4 is 0 Å². The van der Waals surface area contributed by atoms with Crippen molar-refractivity contribution in [1.82, 2.24) is 9.80 Å². The molecule has 1 aromatic rings. The van der Waals surface area contributed by atoms with Crippen LogP contribution in [0.15, 0.2) is 30.3 Å². The molecule has 16 heavy (non-hydrogen) atoms. The van der Waals surface area contributed by atoms with Gasteiger partial charge in [0.25, 0.3) is 0 Å². The summed E-state index contributed by atoms with van der Waals surface area (Å²) >= 11 is 9.26. The van der Waals surface area contributed by atoms with Crippen molar-refractivity contribution in [3.8, 4) is 0 Å². The van der Waals surface area contributed by atoms with E-state index in [2.05, 4.69) is 52.8 Å². The first-order chi connectivity index (χ1) is 7.75. The molecule has 0 spiro atoms. The van der Waals surface area contributed by atoms with Crippen LogP contribution in [0.5, 0.6) is 0 Å². The maximum absolute atomic E-state index is 5.06. The largest absolute Gasteiger partial charge is 0.355 e. The number of hydrogen-bond acceptors (Lipinski definition) is 2. The Balaban J connectivity index is 1.84. The zero-order valence-electron chi connectivity index (χ0n) is 9.17. The number of piperazine rings is 1. The van der Waals surface area contributed by atoms with Gasteiger partial charge in [-0.25, -0.2) is 0 Å². The summed E-state index contributed by atoms with van der Waals surface area (Å²) in [5, 5.41) is 0. The second kappa shape index (κ2) is 5.66. The number of nitrogens with zero attached hydrogens (tertiary/aromatic N) is 2. The highest BCUT2D eigenvalue weighted by Gasteiger charge is 2.16. The van der Waals surface area contributed by atoms with Gasteiger partial charge in [0.15, 0.2) is 0 Å². The summed E-state index contributed by atoms with van der Waals surface area (Å²) in [6, 6.07) is 10.6. The predicted molar refractivity (Wildman–Crippen MR) is 74.9 cm³/mol. The van der Waals surface area contributed by atoms with Gasteiger partial charge in [0, 0.05) is 32.7 Å². The standard InChI is InChI=1S/C12H16N2S2/c15-12(16)14-8-6-13(7-9-14)10-11-4-2-1-3-5-11/h1-5H,6-10H2,(H,15,16). The molecule has 86 valence electrons.